The molecule has 3 rings (SSSR count). The van der Waals surface area contributed by atoms with Crippen molar-refractivity contribution in [2.75, 3.05) is 25.1 Å². The molecule has 0 saturated carbocycles. The fourth-order valence-corrected chi connectivity index (χ4v) is 5.14. The van der Waals surface area contributed by atoms with E-state index in [2.05, 4.69) is 10.6 Å². The zero-order valence-electron chi connectivity index (χ0n) is 17.8. The van der Waals surface area contributed by atoms with Gasteiger partial charge in [-0.1, -0.05) is 23.2 Å². The Labute approximate surface area is 204 Å². The number of aryl methyl sites for hydroxylation is 1. The number of anilines is 1. The van der Waals surface area contributed by atoms with E-state index in [0.29, 0.717) is 15.6 Å². The molecule has 2 amide bonds. The summed E-state index contributed by atoms with van der Waals surface area (Å²) in [4.78, 5) is 49.9. The van der Waals surface area contributed by atoms with E-state index >= 15 is 0 Å². The number of rotatable bonds is 8. The van der Waals surface area contributed by atoms with Gasteiger partial charge in [0, 0.05) is 9.90 Å². The number of ether oxygens (including phenoxy) is 2. The van der Waals surface area contributed by atoms with Crippen LogP contribution in [0.1, 0.15) is 50.9 Å². The highest BCUT2D eigenvalue weighted by molar-refractivity contribution is 7.17. The average molecular weight is 513 g/mol. The Bertz CT molecular complexity index is 1090. The third-order valence-electron chi connectivity index (χ3n) is 4.84. The summed E-state index contributed by atoms with van der Waals surface area (Å²) in [7, 11) is 0. The molecule has 0 radical (unpaired) electrons. The van der Waals surface area contributed by atoms with Crippen LogP contribution in [0, 0.1) is 0 Å². The van der Waals surface area contributed by atoms with E-state index in [-0.39, 0.29) is 17.2 Å². The fourth-order valence-electron chi connectivity index (χ4n) is 3.35. The maximum Gasteiger partial charge on any atom is 0.341 e. The van der Waals surface area contributed by atoms with Crippen molar-refractivity contribution < 1.29 is 28.7 Å². The molecule has 0 spiro atoms. The molecule has 1 heterocycles. The lowest BCUT2D eigenvalue weighted by Gasteiger charge is -2.12. The topological polar surface area (TPSA) is 111 Å². The van der Waals surface area contributed by atoms with E-state index in [4.69, 9.17) is 32.7 Å². The lowest BCUT2D eigenvalue weighted by atomic mass is 9.95. The van der Waals surface area contributed by atoms with E-state index in [1.165, 1.54) is 29.5 Å². The van der Waals surface area contributed by atoms with Crippen molar-refractivity contribution in [2.24, 2.45) is 0 Å². The van der Waals surface area contributed by atoms with Gasteiger partial charge >= 0.3 is 11.9 Å². The van der Waals surface area contributed by atoms with Crippen molar-refractivity contribution >= 4 is 63.3 Å². The van der Waals surface area contributed by atoms with Gasteiger partial charge in [0.1, 0.15) is 11.5 Å². The van der Waals surface area contributed by atoms with E-state index < -0.39 is 36.9 Å². The zero-order chi connectivity index (χ0) is 24.0. The van der Waals surface area contributed by atoms with Crippen LogP contribution in [0.4, 0.5) is 5.00 Å². The quantitative estimate of drug-likeness (QED) is 0.516. The first-order chi connectivity index (χ1) is 15.8. The van der Waals surface area contributed by atoms with Crippen LogP contribution >= 0.6 is 34.5 Å². The number of fused-ring (bicyclic) bond motifs is 1. The molecule has 0 fully saturated rings. The number of amides is 2. The van der Waals surface area contributed by atoms with Crippen LogP contribution in [-0.4, -0.2) is 43.5 Å². The average Bonchev–Trinajstić information content (AvgIpc) is 3.14. The second-order valence-electron chi connectivity index (χ2n) is 7.15. The van der Waals surface area contributed by atoms with Gasteiger partial charge in [-0.2, -0.15) is 0 Å². The summed E-state index contributed by atoms with van der Waals surface area (Å²) in [6.07, 6.45) is 3.58. The molecular formula is C22H22Cl2N2O6S. The van der Waals surface area contributed by atoms with Gasteiger partial charge in [-0.3, -0.25) is 14.4 Å². The van der Waals surface area contributed by atoms with Gasteiger partial charge in [0.15, 0.2) is 6.61 Å². The first-order valence-electron chi connectivity index (χ1n) is 10.3. The lowest BCUT2D eigenvalue weighted by Crippen LogP contribution is -2.32. The minimum absolute atomic E-state index is 0.142. The number of esters is 2. The molecule has 0 bridgehead atoms. The highest BCUT2D eigenvalue weighted by atomic mass is 35.5. The van der Waals surface area contributed by atoms with Crippen LogP contribution in [0.15, 0.2) is 18.2 Å². The summed E-state index contributed by atoms with van der Waals surface area (Å²) in [6, 6.07) is 4.34. The van der Waals surface area contributed by atoms with Crippen LogP contribution in [0.2, 0.25) is 10.0 Å². The summed E-state index contributed by atoms with van der Waals surface area (Å²) in [5.74, 6) is -2.46. The number of hydrogen-bond donors (Lipinski definition) is 2. The molecule has 0 atom stereocenters. The van der Waals surface area contributed by atoms with Gasteiger partial charge in [-0.25, -0.2) is 4.79 Å². The first-order valence-corrected chi connectivity index (χ1v) is 11.9. The van der Waals surface area contributed by atoms with E-state index in [9.17, 15) is 19.2 Å². The molecule has 0 saturated heterocycles. The molecule has 1 aromatic heterocycles. The number of thiophene rings is 1. The molecule has 1 aliphatic rings. The zero-order valence-corrected chi connectivity index (χ0v) is 20.1. The van der Waals surface area contributed by atoms with Crippen LogP contribution < -0.4 is 10.6 Å². The Hall–Kier alpha value is -2.62. The number of nitrogens with one attached hydrogen (secondary N) is 2. The normalized spacial score (nSPS) is 12.5. The summed E-state index contributed by atoms with van der Waals surface area (Å²) in [5.41, 5.74) is 1.45. The largest absolute Gasteiger partial charge is 0.462 e. The Morgan fingerprint density at radius 2 is 1.85 bits per heavy atom. The predicted octanol–water partition coefficient (Wildman–Crippen LogP) is 4.02. The number of hydrogen-bond acceptors (Lipinski definition) is 7. The SMILES string of the molecule is CCOC(=O)c1c(NC(=O)COC(=O)CNC(=O)c2ccc(Cl)cc2Cl)sc2c1CCCC2. The molecule has 11 heteroatoms. The van der Waals surface area contributed by atoms with E-state index in [0.717, 1.165) is 36.1 Å². The number of benzene rings is 1. The fraction of sp³-hybridized carbons (Fsp3) is 0.364. The molecule has 8 nitrogen and oxygen atoms in total. The smallest absolute Gasteiger partial charge is 0.341 e. The van der Waals surface area contributed by atoms with E-state index in [1.807, 2.05) is 0 Å². The first kappa shape index (κ1) is 25.0. The second-order valence-corrected chi connectivity index (χ2v) is 9.10. The number of carbonyl (C=O) groups excluding carboxylic acids is 4. The maximum absolute atomic E-state index is 12.4. The second kappa shape index (κ2) is 11.5. The maximum atomic E-state index is 12.4. The van der Waals surface area contributed by atoms with Gasteiger partial charge in [0.2, 0.25) is 0 Å². The Kier molecular flexibility index (Phi) is 8.71. The summed E-state index contributed by atoms with van der Waals surface area (Å²) in [6.45, 7) is 0.920. The van der Waals surface area contributed by atoms with Crippen LogP contribution in [-0.2, 0) is 31.9 Å². The minimum Gasteiger partial charge on any atom is -0.462 e. The molecule has 2 aromatic rings. The molecule has 0 unspecified atom stereocenters. The van der Waals surface area contributed by atoms with Crippen molar-refractivity contribution in [3.63, 3.8) is 0 Å². The van der Waals surface area contributed by atoms with Crippen molar-refractivity contribution in [3.8, 4) is 0 Å². The monoisotopic (exact) mass is 512 g/mol. The van der Waals surface area contributed by atoms with Gasteiger partial charge in [-0.05, 0) is 56.4 Å². The Balaban J connectivity index is 1.54. The summed E-state index contributed by atoms with van der Waals surface area (Å²) in [5, 5.41) is 5.93. The molecule has 2 N–H and O–H groups in total. The highest BCUT2D eigenvalue weighted by Crippen LogP contribution is 2.38. The van der Waals surface area contributed by atoms with Crippen molar-refractivity contribution in [1.82, 2.24) is 5.32 Å². The number of halogens is 2. The highest BCUT2D eigenvalue weighted by Gasteiger charge is 2.27. The third-order valence-corrected chi connectivity index (χ3v) is 6.59. The summed E-state index contributed by atoms with van der Waals surface area (Å²) >= 11 is 13.1. The molecule has 1 aliphatic carbocycles. The molecule has 176 valence electrons. The van der Waals surface area contributed by atoms with Crippen LogP contribution in [0.3, 0.4) is 0 Å². The predicted molar refractivity (Wildman–Crippen MR) is 125 cm³/mol. The Morgan fingerprint density at radius 3 is 2.58 bits per heavy atom. The molecular weight excluding hydrogens is 491 g/mol. The lowest BCUT2D eigenvalue weighted by molar-refractivity contribution is -0.146. The third kappa shape index (κ3) is 6.46. The molecule has 0 aliphatic heterocycles. The van der Waals surface area contributed by atoms with Crippen molar-refractivity contribution in [2.45, 2.75) is 32.6 Å². The van der Waals surface area contributed by atoms with E-state index in [1.54, 1.807) is 6.92 Å². The number of carbonyl (C=O) groups is 4. The standard InChI is InChI=1S/C22H22Cl2N2O6S/c1-2-31-22(30)19-14-5-3-4-6-16(14)33-21(19)26-17(27)11-32-18(28)10-25-20(29)13-8-7-12(23)9-15(13)24/h7-9H,2-6,10-11H2,1H3,(H,25,29)(H,26,27). The van der Waals surface area contributed by atoms with Gasteiger partial charge in [0.25, 0.3) is 11.8 Å². The minimum atomic E-state index is -0.806. The van der Waals surface area contributed by atoms with Crippen LogP contribution in [0.5, 0.6) is 0 Å². The Morgan fingerprint density at radius 1 is 1.09 bits per heavy atom. The van der Waals surface area contributed by atoms with Gasteiger partial charge in [-0.15, -0.1) is 11.3 Å². The molecule has 33 heavy (non-hydrogen) atoms. The van der Waals surface area contributed by atoms with Crippen molar-refractivity contribution in [1.29, 1.82) is 0 Å². The van der Waals surface area contributed by atoms with Gasteiger partial charge in [0.05, 0.1) is 22.8 Å². The van der Waals surface area contributed by atoms with Gasteiger partial charge < -0.3 is 20.1 Å². The van der Waals surface area contributed by atoms with Crippen molar-refractivity contribution in [3.05, 3.63) is 49.8 Å². The summed E-state index contributed by atoms with van der Waals surface area (Å²) < 4.78 is 10.1. The molecule has 1 aromatic carbocycles. The van der Waals surface area contributed by atoms with Crippen LogP contribution in [0.25, 0.3) is 0 Å².